The number of aromatic nitrogens is 1. The summed E-state index contributed by atoms with van der Waals surface area (Å²) in [4.78, 5) is 11.8. The lowest BCUT2D eigenvalue weighted by Crippen LogP contribution is -2.33. The summed E-state index contributed by atoms with van der Waals surface area (Å²) in [6, 6.07) is 11.2. The standard InChI is InChI=1S/C23H26F3N3O3/c1-22(2,3)32-21(30)28-11-4-12-29-14-19(18-13-16(27)7-10-20(18)29)15-5-8-17(9-6-15)31-23(24,25)26/h5-10,13-14H,4,11-12,27H2,1-3H3,(H,28,30). The van der Waals surface area contributed by atoms with Crippen molar-refractivity contribution in [3.05, 3.63) is 48.7 Å². The lowest BCUT2D eigenvalue weighted by molar-refractivity contribution is -0.274. The molecule has 0 aliphatic carbocycles. The number of aryl methyl sites for hydroxylation is 1. The maximum Gasteiger partial charge on any atom is 0.573 e. The number of hydrogen-bond donors (Lipinski definition) is 2. The molecule has 0 saturated carbocycles. The van der Waals surface area contributed by atoms with Gasteiger partial charge in [0, 0.05) is 41.4 Å². The van der Waals surface area contributed by atoms with Crippen LogP contribution in [-0.2, 0) is 11.3 Å². The van der Waals surface area contributed by atoms with Crippen LogP contribution < -0.4 is 15.8 Å². The molecule has 3 N–H and O–H groups in total. The first-order chi connectivity index (χ1) is 14.9. The van der Waals surface area contributed by atoms with Crippen LogP contribution in [0.4, 0.5) is 23.7 Å². The monoisotopic (exact) mass is 449 g/mol. The minimum absolute atomic E-state index is 0.280. The van der Waals surface area contributed by atoms with E-state index in [0.717, 1.165) is 22.0 Å². The Morgan fingerprint density at radius 2 is 1.78 bits per heavy atom. The number of rotatable bonds is 6. The van der Waals surface area contributed by atoms with E-state index < -0.39 is 18.1 Å². The number of alkyl carbamates (subject to hydrolysis) is 1. The van der Waals surface area contributed by atoms with E-state index in [4.69, 9.17) is 10.5 Å². The van der Waals surface area contributed by atoms with E-state index in [1.165, 1.54) is 12.1 Å². The molecule has 0 aliphatic rings. The van der Waals surface area contributed by atoms with Crippen molar-refractivity contribution < 1.29 is 27.4 Å². The van der Waals surface area contributed by atoms with Gasteiger partial charge in [0.05, 0.1) is 0 Å². The van der Waals surface area contributed by atoms with Crippen molar-refractivity contribution in [2.75, 3.05) is 12.3 Å². The number of halogens is 3. The summed E-state index contributed by atoms with van der Waals surface area (Å²) in [6.07, 6.45) is -2.62. The summed E-state index contributed by atoms with van der Waals surface area (Å²) in [7, 11) is 0. The minimum Gasteiger partial charge on any atom is -0.444 e. The summed E-state index contributed by atoms with van der Waals surface area (Å²) >= 11 is 0. The molecule has 3 aromatic rings. The second kappa shape index (κ2) is 9.02. The van der Waals surface area contributed by atoms with Crippen LogP contribution in [0.5, 0.6) is 5.75 Å². The predicted octanol–water partition coefficient (Wildman–Crippen LogP) is 5.70. The van der Waals surface area contributed by atoms with E-state index in [1.54, 1.807) is 39.0 Å². The first-order valence-electron chi connectivity index (χ1n) is 10.1. The number of nitrogens with zero attached hydrogens (tertiary/aromatic N) is 1. The smallest absolute Gasteiger partial charge is 0.444 e. The molecule has 2 aromatic carbocycles. The highest BCUT2D eigenvalue weighted by atomic mass is 19.4. The number of hydrogen-bond acceptors (Lipinski definition) is 4. The summed E-state index contributed by atoms with van der Waals surface area (Å²) < 4.78 is 48.5. The number of nitrogen functional groups attached to an aromatic ring is 1. The van der Waals surface area contributed by atoms with Crippen LogP contribution in [0.25, 0.3) is 22.0 Å². The quantitative estimate of drug-likeness (QED) is 0.374. The molecule has 172 valence electrons. The first-order valence-corrected chi connectivity index (χ1v) is 10.1. The molecular formula is C23H26F3N3O3. The van der Waals surface area contributed by atoms with E-state index in [1.807, 2.05) is 22.9 Å². The van der Waals surface area contributed by atoms with Crippen molar-refractivity contribution in [2.45, 2.75) is 45.7 Å². The van der Waals surface area contributed by atoms with Crippen molar-refractivity contribution in [1.82, 2.24) is 9.88 Å². The highest BCUT2D eigenvalue weighted by Gasteiger charge is 2.31. The van der Waals surface area contributed by atoms with E-state index in [0.29, 0.717) is 25.2 Å². The van der Waals surface area contributed by atoms with E-state index in [-0.39, 0.29) is 5.75 Å². The molecule has 0 radical (unpaired) electrons. The third-order valence-electron chi connectivity index (χ3n) is 4.55. The topological polar surface area (TPSA) is 78.5 Å². The molecular weight excluding hydrogens is 423 g/mol. The fourth-order valence-corrected chi connectivity index (χ4v) is 3.32. The van der Waals surface area contributed by atoms with Gasteiger partial charge in [-0.05, 0) is 63.1 Å². The number of nitrogens with two attached hydrogens (primary N) is 1. The molecule has 0 unspecified atom stereocenters. The zero-order valence-corrected chi connectivity index (χ0v) is 18.1. The van der Waals surface area contributed by atoms with Gasteiger partial charge in [-0.25, -0.2) is 4.79 Å². The Morgan fingerprint density at radius 3 is 2.41 bits per heavy atom. The van der Waals surface area contributed by atoms with Crippen molar-refractivity contribution >= 4 is 22.7 Å². The van der Waals surface area contributed by atoms with Crippen LogP contribution in [0, 0.1) is 0 Å². The van der Waals surface area contributed by atoms with Gasteiger partial charge in [-0.1, -0.05) is 12.1 Å². The van der Waals surface area contributed by atoms with Crippen molar-refractivity contribution in [2.24, 2.45) is 0 Å². The Morgan fingerprint density at radius 1 is 1.09 bits per heavy atom. The Kier molecular flexibility index (Phi) is 6.57. The Balaban J connectivity index is 1.76. The number of carbonyl (C=O) groups excluding carboxylic acids is 1. The molecule has 0 spiro atoms. The number of alkyl halides is 3. The Hall–Kier alpha value is -3.36. The van der Waals surface area contributed by atoms with Gasteiger partial charge in [0.2, 0.25) is 0 Å². The molecule has 1 heterocycles. The molecule has 0 saturated heterocycles. The summed E-state index contributed by atoms with van der Waals surface area (Å²) in [5.74, 6) is -0.280. The average molecular weight is 449 g/mol. The van der Waals surface area contributed by atoms with Gasteiger partial charge >= 0.3 is 12.5 Å². The highest BCUT2D eigenvalue weighted by Crippen LogP contribution is 2.34. The molecule has 0 fully saturated rings. The second-order valence-electron chi connectivity index (χ2n) is 8.37. The van der Waals surface area contributed by atoms with Gasteiger partial charge in [-0.15, -0.1) is 13.2 Å². The summed E-state index contributed by atoms with van der Waals surface area (Å²) in [5, 5.41) is 3.61. The van der Waals surface area contributed by atoms with Crippen molar-refractivity contribution in [3.8, 4) is 16.9 Å². The number of fused-ring (bicyclic) bond motifs is 1. The van der Waals surface area contributed by atoms with Crippen LogP contribution in [0.15, 0.2) is 48.7 Å². The highest BCUT2D eigenvalue weighted by molar-refractivity contribution is 5.97. The molecule has 1 aromatic heterocycles. The maximum absolute atomic E-state index is 12.4. The van der Waals surface area contributed by atoms with Gasteiger partial charge < -0.3 is 25.1 Å². The van der Waals surface area contributed by atoms with Gasteiger partial charge in [-0.3, -0.25) is 0 Å². The number of nitrogens with one attached hydrogen (secondary N) is 1. The van der Waals surface area contributed by atoms with Crippen LogP contribution in [0.1, 0.15) is 27.2 Å². The fourth-order valence-electron chi connectivity index (χ4n) is 3.32. The van der Waals surface area contributed by atoms with E-state index in [2.05, 4.69) is 10.1 Å². The molecule has 0 atom stereocenters. The lowest BCUT2D eigenvalue weighted by Gasteiger charge is -2.19. The molecule has 6 nitrogen and oxygen atoms in total. The Labute approximate surface area is 184 Å². The normalized spacial score (nSPS) is 12.1. The van der Waals surface area contributed by atoms with Gasteiger partial charge in [-0.2, -0.15) is 0 Å². The van der Waals surface area contributed by atoms with Crippen molar-refractivity contribution in [3.63, 3.8) is 0 Å². The first kappa shape index (κ1) is 23.3. The van der Waals surface area contributed by atoms with Gasteiger partial charge in [0.15, 0.2) is 0 Å². The minimum atomic E-state index is -4.74. The molecule has 1 amide bonds. The third-order valence-corrected chi connectivity index (χ3v) is 4.55. The third kappa shape index (κ3) is 6.32. The van der Waals surface area contributed by atoms with E-state index in [9.17, 15) is 18.0 Å². The fraction of sp³-hybridized carbons (Fsp3) is 0.348. The van der Waals surface area contributed by atoms with Crippen molar-refractivity contribution in [1.29, 1.82) is 0 Å². The summed E-state index contributed by atoms with van der Waals surface area (Å²) in [5.41, 5.74) is 8.50. The zero-order valence-electron chi connectivity index (χ0n) is 18.1. The number of ether oxygens (including phenoxy) is 2. The van der Waals surface area contributed by atoms with Crippen LogP contribution in [0.3, 0.4) is 0 Å². The maximum atomic E-state index is 12.4. The SMILES string of the molecule is CC(C)(C)OC(=O)NCCCn1cc(-c2ccc(OC(F)(F)F)cc2)c2cc(N)ccc21. The van der Waals surface area contributed by atoms with Crippen LogP contribution in [0.2, 0.25) is 0 Å². The molecule has 0 aliphatic heterocycles. The molecule has 0 bridgehead atoms. The summed E-state index contributed by atoms with van der Waals surface area (Å²) in [6.45, 7) is 6.45. The van der Waals surface area contributed by atoms with Gasteiger partial charge in [0.1, 0.15) is 11.4 Å². The van der Waals surface area contributed by atoms with Crippen LogP contribution >= 0.6 is 0 Å². The largest absolute Gasteiger partial charge is 0.573 e. The van der Waals surface area contributed by atoms with E-state index >= 15 is 0 Å². The Bertz CT molecular complexity index is 1080. The second-order valence-corrected chi connectivity index (χ2v) is 8.37. The average Bonchev–Trinajstić information content (AvgIpc) is 3.01. The molecule has 32 heavy (non-hydrogen) atoms. The number of amides is 1. The van der Waals surface area contributed by atoms with Gasteiger partial charge in [0.25, 0.3) is 0 Å². The zero-order chi connectivity index (χ0) is 23.5. The number of benzene rings is 2. The van der Waals surface area contributed by atoms with Crippen LogP contribution in [-0.4, -0.2) is 29.2 Å². The molecule has 9 heteroatoms. The molecule has 3 rings (SSSR count). The number of carbonyl (C=O) groups is 1. The number of anilines is 1. The lowest BCUT2D eigenvalue weighted by atomic mass is 10.0. The predicted molar refractivity (Wildman–Crippen MR) is 117 cm³/mol.